The molecule has 2 amide bonds. The molecule has 0 aliphatic carbocycles. The van der Waals surface area contributed by atoms with Crippen LogP contribution >= 0.6 is 0 Å². The number of rotatable bonds is 11. The number of aliphatic imine (C=N–C) groups is 1. The number of ketones is 1. The Bertz CT molecular complexity index is 1060. The van der Waals surface area contributed by atoms with Crippen LogP contribution in [0.3, 0.4) is 0 Å². The average molecular weight is 469 g/mol. The lowest BCUT2D eigenvalue weighted by Crippen LogP contribution is -2.42. The molecule has 1 aromatic rings. The SMILES string of the molecule is NC1=NC(=O)C2=C(CCC(CCc3ccc(C(=O)C[C@H](CCC(=O)O)C(=O)O)cc3)N2C=O)C1. The van der Waals surface area contributed by atoms with Crippen LogP contribution in [-0.4, -0.2) is 57.0 Å². The third-order valence-corrected chi connectivity index (χ3v) is 6.25. The van der Waals surface area contributed by atoms with Gasteiger partial charge in [-0.1, -0.05) is 24.3 Å². The van der Waals surface area contributed by atoms with Crippen LogP contribution < -0.4 is 5.73 Å². The fourth-order valence-electron chi connectivity index (χ4n) is 4.40. The minimum absolute atomic E-state index is 0.109. The van der Waals surface area contributed by atoms with Gasteiger partial charge in [-0.3, -0.25) is 24.0 Å². The first-order valence-corrected chi connectivity index (χ1v) is 11.1. The van der Waals surface area contributed by atoms with Crippen molar-refractivity contribution < 1.29 is 34.2 Å². The number of hydrogen-bond acceptors (Lipinski definition) is 6. The Morgan fingerprint density at radius 1 is 1.21 bits per heavy atom. The van der Waals surface area contributed by atoms with E-state index in [1.165, 1.54) is 4.90 Å². The highest BCUT2D eigenvalue weighted by Gasteiger charge is 2.34. The van der Waals surface area contributed by atoms with E-state index in [0.29, 0.717) is 49.8 Å². The number of Topliss-reactive ketones (excluding diaryl/α,β-unsaturated/α-hetero) is 1. The first kappa shape index (κ1) is 24.8. The number of aryl methyl sites for hydroxylation is 1. The van der Waals surface area contributed by atoms with E-state index in [0.717, 1.165) is 11.1 Å². The molecule has 0 aromatic heterocycles. The van der Waals surface area contributed by atoms with Crippen molar-refractivity contribution in [2.75, 3.05) is 0 Å². The highest BCUT2D eigenvalue weighted by molar-refractivity contribution is 6.07. The van der Waals surface area contributed by atoms with Gasteiger partial charge in [0.05, 0.1) is 5.92 Å². The van der Waals surface area contributed by atoms with Gasteiger partial charge >= 0.3 is 11.9 Å². The van der Waals surface area contributed by atoms with Gasteiger partial charge in [0.25, 0.3) is 5.91 Å². The summed E-state index contributed by atoms with van der Waals surface area (Å²) < 4.78 is 0. The van der Waals surface area contributed by atoms with E-state index in [9.17, 15) is 29.1 Å². The lowest BCUT2D eigenvalue weighted by atomic mass is 9.89. The summed E-state index contributed by atoms with van der Waals surface area (Å²) >= 11 is 0. The second-order valence-electron chi connectivity index (χ2n) is 8.57. The van der Waals surface area contributed by atoms with Crippen LogP contribution in [0.25, 0.3) is 0 Å². The molecule has 10 heteroatoms. The molecule has 2 aliphatic rings. The molecular formula is C24H27N3O7. The Morgan fingerprint density at radius 2 is 1.91 bits per heavy atom. The molecule has 0 bridgehead atoms. The van der Waals surface area contributed by atoms with E-state index >= 15 is 0 Å². The summed E-state index contributed by atoms with van der Waals surface area (Å²) in [5.41, 5.74) is 8.16. The fourth-order valence-corrected chi connectivity index (χ4v) is 4.40. The van der Waals surface area contributed by atoms with Crippen molar-refractivity contribution in [1.82, 2.24) is 4.90 Å². The molecule has 10 nitrogen and oxygen atoms in total. The number of nitrogens with zero attached hydrogens (tertiary/aromatic N) is 2. The summed E-state index contributed by atoms with van der Waals surface area (Å²) in [6.45, 7) is 0. The fraction of sp³-hybridized carbons (Fsp3) is 0.417. The summed E-state index contributed by atoms with van der Waals surface area (Å²) in [6, 6.07) is 6.64. The van der Waals surface area contributed by atoms with Gasteiger partial charge < -0.3 is 20.8 Å². The molecule has 0 spiro atoms. The molecule has 2 aliphatic heterocycles. The molecule has 2 atom stereocenters. The molecule has 3 rings (SSSR count). The van der Waals surface area contributed by atoms with Crippen LogP contribution in [0.2, 0.25) is 0 Å². The molecule has 0 saturated carbocycles. The van der Waals surface area contributed by atoms with Crippen molar-refractivity contribution >= 4 is 35.9 Å². The van der Waals surface area contributed by atoms with Gasteiger partial charge in [0.15, 0.2) is 5.78 Å². The van der Waals surface area contributed by atoms with Crippen LogP contribution in [0.4, 0.5) is 0 Å². The van der Waals surface area contributed by atoms with Gasteiger partial charge in [0.1, 0.15) is 11.5 Å². The largest absolute Gasteiger partial charge is 0.481 e. The first-order chi connectivity index (χ1) is 16.2. The Kier molecular flexibility index (Phi) is 7.93. The second-order valence-corrected chi connectivity index (χ2v) is 8.57. The smallest absolute Gasteiger partial charge is 0.306 e. The molecular weight excluding hydrogens is 442 g/mol. The number of carbonyl (C=O) groups excluding carboxylic acids is 3. The van der Waals surface area contributed by atoms with Crippen molar-refractivity contribution in [2.24, 2.45) is 16.6 Å². The topological polar surface area (TPSA) is 167 Å². The molecule has 1 aromatic carbocycles. The van der Waals surface area contributed by atoms with Crippen molar-refractivity contribution in [3.63, 3.8) is 0 Å². The number of benzene rings is 1. The minimum Gasteiger partial charge on any atom is -0.481 e. The molecule has 0 saturated heterocycles. The summed E-state index contributed by atoms with van der Waals surface area (Å²) in [4.78, 5) is 63.8. The summed E-state index contributed by atoms with van der Waals surface area (Å²) in [6.07, 6.45) is 2.98. The van der Waals surface area contributed by atoms with E-state index in [1.54, 1.807) is 24.3 Å². The maximum absolute atomic E-state index is 12.5. The maximum atomic E-state index is 12.5. The number of carbonyl (C=O) groups is 5. The monoisotopic (exact) mass is 469 g/mol. The summed E-state index contributed by atoms with van der Waals surface area (Å²) in [5.74, 6) is -3.93. The first-order valence-electron chi connectivity index (χ1n) is 11.1. The second kappa shape index (κ2) is 10.9. The van der Waals surface area contributed by atoms with Crippen LogP contribution in [0, 0.1) is 5.92 Å². The molecule has 180 valence electrons. The standard InChI is InChI=1S/C24H27N3O7/c25-20-12-16-6-9-18(27(13-28)22(16)23(32)26-20)8-3-14-1-4-15(5-2-14)19(29)11-17(24(33)34)7-10-21(30)31/h1-2,4-5,13,17-18H,3,6-12H2,(H,30,31)(H,33,34)(H2,25,26,32)/t17-,18?/m0/s1. The third kappa shape index (κ3) is 5.94. The van der Waals surface area contributed by atoms with Crippen molar-refractivity contribution in [3.8, 4) is 0 Å². The number of nitrogens with two attached hydrogens (primary N) is 1. The lowest BCUT2D eigenvalue weighted by molar-refractivity contribution is -0.142. The maximum Gasteiger partial charge on any atom is 0.306 e. The predicted molar refractivity (Wildman–Crippen MR) is 121 cm³/mol. The highest BCUT2D eigenvalue weighted by Crippen LogP contribution is 2.33. The van der Waals surface area contributed by atoms with Gasteiger partial charge in [-0.25, -0.2) is 0 Å². The van der Waals surface area contributed by atoms with E-state index in [-0.39, 0.29) is 36.9 Å². The lowest BCUT2D eigenvalue weighted by Gasteiger charge is -2.36. The Morgan fingerprint density at radius 3 is 2.53 bits per heavy atom. The van der Waals surface area contributed by atoms with Gasteiger partial charge in [-0.2, -0.15) is 4.99 Å². The van der Waals surface area contributed by atoms with E-state index in [1.807, 2.05) is 0 Å². The van der Waals surface area contributed by atoms with Gasteiger partial charge in [-0.05, 0) is 43.2 Å². The normalized spacial score (nSPS) is 18.7. The number of carboxylic acids is 2. The Labute approximate surface area is 196 Å². The molecule has 34 heavy (non-hydrogen) atoms. The van der Waals surface area contributed by atoms with E-state index in [2.05, 4.69) is 4.99 Å². The molecule has 2 heterocycles. The number of amidine groups is 1. The predicted octanol–water partition coefficient (Wildman–Crippen LogP) is 1.92. The number of hydrogen-bond donors (Lipinski definition) is 3. The van der Waals surface area contributed by atoms with Crippen LogP contribution in [0.15, 0.2) is 40.5 Å². The summed E-state index contributed by atoms with van der Waals surface area (Å²) in [7, 11) is 0. The molecule has 0 radical (unpaired) electrons. The zero-order valence-corrected chi connectivity index (χ0v) is 18.6. The van der Waals surface area contributed by atoms with Crippen LogP contribution in [0.5, 0.6) is 0 Å². The van der Waals surface area contributed by atoms with Gasteiger partial charge in [0, 0.05) is 30.9 Å². The number of aliphatic carboxylic acids is 2. The summed E-state index contributed by atoms with van der Waals surface area (Å²) in [5, 5.41) is 18.0. The van der Waals surface area contributed by atoms with Crippen molar-refractivity contribution in [2.45, 2.75) is 57.4 Å². The molecule has 1 unspecified atom stereocenters. The number of dihydropyridines is 1. The quantitative estimate of drug-likeness (QED) is 0.326. The van der Waals surface area contributed by atoms with E-state index in [4.69, 9.17) is 10.8 Å². The Hall–Kier alpha value is -3.82. The number of carboxylic acid groups (broad SMARTS) is 2. The third-order valence-electron chi connectivity index (χ3n) is 6.25. The molecule has 0 fully saturated rings. The van der Waals surface area contributed by atoms with Crippen molar-refractivity contribution in [1.29, 1.82) is 0 Å². The van der Waals surface area contributed by atoms with Gasteiger partial charge in [0.2, 0.25) is 6.41 Å². The van der Waals surface area contributed by atoms with Crippen LogP contribution in [-0.2, 0) is 25.6 Å². The average Bonchev–Trinajstić information content (AvgIpc) is 2.79. The highest BCUT2D eigenvalue weighted by atomic mass is 16.4. The molecule has 4 N–H and O–H groups in total. The minimum atomic E-state index is -1.19. The zero-order valence-electron chi connectivity index (χ0n) is 18.6. The number of amides is 2. The van der Waals surface area contributed by atoms with Crippen LogP contribution in [0.1, 0.15) is 60.9 Å². The Balaban J connectivity index is 1.59. The zero-order chi connectivity index (χ0) is 24.8. The van der Waals surface area contributed by atoms with Gasteiger partial charge in [-0.15, -0.1) is 0 Å². The van der Waals surface area contributed by atoms with E-state index < -0.39 is 23.8 Å². The van der Waals surface area contributed by atoms with Crippen molar-refractivity contribution in [3.05, 3.63) is 46.7 Å².